The Kier molecular flexibility index (Phi) is 6.75. The smallest absolute Gasteiger partial charge is 0.216 e. The van der Waals surface area contributed by atoms with Crippen LogP contribution in [0.3, 0.4) is 0 Å². The van der Waals surface area contributed by atoms with Crippen LogP contribution in [0.25, 0.3) is 0 Å². The van der Waals surface area contributed by atoms with E-state index in [0.717, 1.165) is 35.6 Å². The third-order valence-electron chi connectivity index (χ3n) is 2.75. The van der Waals surface area contributed by atoms with E-state index in [1.165, 1.54) is 0 Å². The van der Waals surface area contributed by atoms with Crippen molar-refractivity contribution in [2.45, 2.75) is 31.0 Å². The molecule has 1 aromatic rings. The summed E-state index contributed by atoms with van der Waals surface area (Å²) in [4.78, 5) is 12.7. The lowest BCUT2D eigenvalue weighted by molar-refractivity contribution is -0.108. The van der Waals surface area contributed by atoms with Gasteiger partial charge in [0.1, 0.15) is 6.73 Å². The minimum Gasteiger partial charge on any atom is -0.361 e. The molecule has 0 bridgehead atoms. The van der Waals surface area contributed by atoms with Crippen LogP contribution in [-0.4, -0.2) is 27.8 Å². The van der Waals surface area contributed by atoms with Gasteiger partial charge in [0.25, 0.3) is 0 Å². The summed E-state index contributed by atoms with van der Waals surface area (Å²) in [5, 5.41) is 0.782. The van der Waals surface area contributed by atoms with E-state index in [4.69, 9.17) is 4.74 Å². The molecule has 0 aliphatic rings. The highest BCUT2D eigenvalue weighted by Crippen LogP contribution is 2.17. The summed E-state index contributed by atoms with van der Waals surface area (Å²) in [5.74, 6) is 0. The van der Waals surface area contributed by atoms with Gasteiger partial charge in [-0.15, -0.1) is 0 Å². The molecular formula is C14H22BrNO2Si. The third kappa shape index (κ3) is 6.36. The normalized spacial score (nSPS) is 11.4. The molecule has 0 unspecified atom stereocenters. The predicted octanol–water partition coefficient (Wildman–Crippen LogP) is 3.86. The fourth-order valence-electron chi connectivity index (χ4n) is 1.53. The topological polar surface area (TPSA) is 29.5 Å². The van der Waals surface area contributed by atoms with Crippen LogP contribution in [0, 0.1) is 0 Å². The van der Waals surface area contributed by atoms with Crippen molar-refractivity contribution in [3.8, 4) is 0 Å². The summed E-state index contributed by atoms with van der Waals surface area (Å²) in [6.07, 6.45) is 0.821. The molecule has 1 aromatic carbocycles. The molecule has 0 heterocycles. The Morgan fingerprint density at radius 1 is 1.37 bits per heavy atom. The number of hydrogen-bond donors (Lipinski definition) is 0. The zero-order chi connectivity index (χ0) is 14.3. The van der Waals surface area contributed by atoms with Gasteiger partial charge in [-0.2, -0.15) is 0 Å². The summed E-state index contributed by atoms with van der Waals surface area (Å²) in [6, 6.07) is 8.99. The van der Waals surface area contributed by atoms with E-state index >= 15 is 0 Å². The molecule has 5 heteroatoms. The molecule has 1 rings (SSSR count). The third-order valence-corrected chi connectivity index (χ3v) is 5.10. The molecular weight excluding hydrogens is 322 g/mol. The van der Waals surface area contributed by atoms with Gasteiger partial charge < -0.3 is 4.74 Å². The number of amides is 1. The zero-order valence-electron chi connectivity index (χ0n) is 11.9. The molecule has 19 heavy (non-hydrogen) atoms. The Balaban J connectivity index is 2.51. The SMILES string of the molecule is C[Si](C)(C)CCOCN(C=O)c1cccc(CBr)c1. The Bertz CT molecular complexity index is 407. The predicted molar refractivity (Wildman–Crippen MR) is 86.6 cm³/mol. The maximum atomic E-state index is 11.1. The van der Waals surface area contributed by atoms with Crippen molar-refractivity contribution in [2.24, 2.45) is 0 Å². The Morgan fingerprint density at radius 2 is 2.11 bits per heavy atom. The van der Waals surface area contributed by atoms with Crippen molar-refractivity contribution < 1.29 is 9.53 Å². The van der Waals surface area contributed by atoms with E-state index in [0.29, 0.717) is 6.73 Å². The minimum absolute atomic E-state index is 0.319. The largest absolute Gasteiger partial charge is 0.361 e. The minimum atomic E-state index is -1.07. The number of benzene rings is 1. The van der Waals surface area contributed by atoms with E-state index < -0.39 is 8.07 Å². The summed E-state index contributed by atoms with van der Waals surface area (Å²) < 4.78 is 5.61. The number of ether oxygens (including phenoxy) is 1. The van der Waals surface area contributed by atoms with Crippen LogP contribution in [0.15, 0.2) is 24.3 Å². The van der Waals surface area contributed by atoms with E-state index in [9.17, 15) is 4.79 Å². The number of rotatable bonds is 8. The van der Waals surface area contributed by atoms with Gasteiger partial charge in [-0.1, -0.05) is 47.7 Å². The second-order valence-corrected chi connectivity index (χ2v) is 11.9. The van der Waals surface area contributed by atoms with Gasteiger partial charge in [0.05, 0.1) is 0 Å². The summed E-state index contributed by atoms with van der Waals surface area (Å²) in [5.41, 5.74) is 2.02. The first kappa shape index (κ1) is 16.4. The number of alkyl halides is 1. The van der Waals surface area contributed by atoms with Crippen LogP contribution in [0.4, 0.5) is 5.69 Å². The van der Waals surface area contributed by atoms with Crippen LogP contribution in [0.5, 0.6) is 0 Å². The lowest BCUT2D eigenvalue weighted by Gasteiger charge is -2.20. The Hall–Kier alpha value is -0.653. The first-order valence-corrected chi connectivity index (χ1v) is 11.2. The van der Waals surface area contributed by atoms with Crippen molar-refractivity contribution in [3.05, 3.63) is 29.8 Å². The molecule has 106 valence electrons. The highest BCUT2D eigenvalue weighted by atomic mass is 79.9. The molecule has 0 radical (unpaired) electrons. The van der Waals surface area contributed by atoms with Crippen molar-refractivity contribution in [1.29, 1.82) is 0 Å². The van der Waals surface area contributed by atoms with Crippen molar-refractivity contribution in [2.75, 3.05) is 18.2 Å². The number of carbonyl (C=O) groups excluding carboxylic acids is 1. The number of carbonyl (C=O) groups is 1. The lowest BCUT2D eigenvalue weighted by atomic mass is 10.2. The van der Waals surface area contributed by atoms with Gasteiger partial charge in [0.15, 0.2) is 0 Å². The van der Waals surface area contributed by atoms with Crippen LogP contribution < -0.4 is 4.90 Å². The molecule has 1 amide bonds. The van der Waals surface area contributed by atoms with Crippen molar-refractivity contribution >= 4 is 36.1 Å². The second kappa shape index (κ2) is 7.82. The number of halogens is 1. The van der Waals surface area contributed by atoms with E-state index in [-0.39, 0.29) is 0 Å². The van der Waals surface area contributed by atoms with E-state index in [1.54, 1.807) is 4.90 Å². The average molecular weight is 344 g/mol. The highest BCUT2D eigenvalue weighted by molar-refractivity contribution is 9.08. The maximum Gasteiger partial charge on any atom is 0.216 e. The molecule has 0 spiro atoms. The molecule has 3 nitrogen and oxygen atoms in total. The van der Waals surface area contributed by atoms with Gasteiger partial charge in [0.2, 0.25) is 6.41 Å². The first-order chi connectivity index (χ1) is 8.96. The monoisotopic (exact) mass is 343 g/mol. The van der Waals surface area contributed by atoms with Crippen molar-refractivity contribution in [3.63, 3.8) is 0 Å². The van der Waals surface area contributed by atoms with Gasteiger partial charge in [-0.3, -0.25) is 9.69 Å². The van der Waals surface area contributed by atoms with Crippen LogP contribution in [0.1, 0.15) is 5.56 Å². The number of hydrogen-bond acceptors (Lipinski definition) is 2. The molecule has 0 aliphatic heterocycles. The van der Waals surface area contributed by atoms with Gasteiger partial charge in [-0.25, -0.2) is 0 Å². The molecule has 0 fully saturated rings. The van der Waals surface area contributed by atoms with Crippen molar-refractivity contribution in [1.82, 2.24) is 0 Å². The highest BCUT2D eigenvalue weighted by Gasteiger charge is 2.13. The maximum absolute atomic E-state index is 11.1. The Labute approximate surface area is 125 Å². The van der Waals surface area contributed by atoms with Crippen LogP contribution in [-0.2, 0) is 14.9 Å². The van der Waals surface area contributed by atoms with Crippen LogP contribution in [0.2, 0.25) is 25.7 Å². The zero-order valence-corrected chi connectivity index (χ0v) is 14.4. The number of nitrogens with zero attached hydrogens (tertiary/aromatic N) is 1. The van der Waals surface area contributed by atoms with E-state index in [1.807, 2.05) is 24.3 Å². The molecule has 0 N–H and O–H groups in total. The van der Waals surface area contributed by atoms with Gasteiger partial charge >= 0.3 is 0 Å². The molecule has 0 aromatic heterocycles. The summed E-state index contributed by atoms with van der Waals surface area (Å²) >= 11 is 3.41. The molecule has 0 saturated carbocycles. The average Bonchev–Trinajstić information content (AvgIpc) is 2.37. The number of anilines is 1. The van der Waals surface area contributed by atoms with Gasteiger partial charge in [0, 0.05) is 25.7 Å². The lowest BCUT2D eigenvalue weighted by Crippen LogP contribution is -2.27. The molecule has 0 atom stereocenters. The van der Waals surface area contributed by atoms with Gasteiger partial charge in [-0.05, 0) is 23.7 Å². The summed E-state index contributed by atoms with van der Waals surface area (Å²) in [6.45, 7) is 7.98. The quantitative estimate of drug-likeness (QED) is 0.236. The first-order valence-electron chi connectivity index (χ1n) is 6.41. The van der Waals surface area contributed by atoms with E-state index in [2.05, 4.69) is 35.6 Å². The second-order valence-electron chi connectivity index (χ2n) is 5.73. The standard InChI is InChI=1S/C14H22BrNO2Si/c1-19(2,3)8-7-18-12-16(11-17)14-6-4-5-13(9-14)10-15/h4-6,9,11H,7-8,10,12H2,1-3H3. The van der Waals surface area contributed by atoms with Crippen LogP contribution >= 0.6 is 15.9 Å². The fourth-order valence-corrected chi connectivity index (χ4v) is 2.63. The molecule has 0 saturated heterocycles. The Morgan fingerprint density at radius 3 is 2.68 bits per heavy atom. The molecule has 0 aliphatic carbocycles. The fraction of sp³-hybridized carbons (Fsp3) is 0.500. The summed E-state index contributed by atoms with van der Waals surface area (Å²) in [7, 11) is -1.07.